The molecular weight excluding hydrogens is 520 g/mol. The maximum atomic E-state index is 13.3. The molecule has 7 nitrogen and oxygen atoms in total. The van der Waals surface area contributed by atoms with Crippen LogP contribution in [0.1, 0.15) is 60.4 Å². The number of piperidine rings is 1. The molecule has 8 heteroatoms. The van der Waals surface area contributed by atoms with Crippen LogP contribution in [-0.4, -0.2) is 52.8 Å². The molecule has 0 saturated carbocycles. The zero-order valence-electron chi connectivity index (χ0n) is 23.6. The van der Waals surface area contributed by atoms with Gasteiger partial charge in [-0.3, -0.25) is 9.69 Å². The predicted octanol–water partition coefficient (Wildman–Crippen LogP) is 6.89. The van der Waals surface area contributed by atoms with Crippen LogP contribution in [-0.2, 0) is 9.53 Å². The van der Waals surface area contributed by atoms with Gasteiger partial charge in [0.05, 0.1) is 22.8 Å². The molecule has 3 aromatic rings. The van der Waals surface area contributed by atoms with E-state index in [0.29, 0.717) is 28.8 Å². The smallest absolute Gasteiger partial charge is 0.338 e. The number of aryl methyl sites for hydroxylation is 1. The maximum absolute atomic E-state index is 13.3. The lowest BCUT2D eigenvalue weighted by Crippen LogP contribution is -2.29. The number of amidine groups is 1. The Morgan fingerprint density at radius 3 is 2.45 bits per heavy atom. The van der Waals surface area contributed by atoms with Crippen molar-refractivity contribution in [1.29, 1.82) is 0 Å². The Morgan fingerprint density at radius 1 is 1.00 bits per heavy atom. The Morgan fingerprint density at radius 2 is 1.75 bits per heavy atom. The van der Waals surface area contributed by atoms with E-state index in [1.165, 1.54) is 36.7 Å². The van der Waals surface area contributed by atoms with Crippen LogP contribution in [0.3, 0.4) is 0 Å². The van der Waals surface area contributed by atoms with Gasteiger partial charge in [0.2, 0.25) is 0 Å². The van der Waals surface area contributed by atoms with Crippen LogP contribution in [0.2, 0.25) is 0 Å². The third kappa shape index (κ3) is 5.72. The largest absolute Gasteiger partial charge is 0.462 e. The monoisotopic (exact) mass is 556 g/mol. The highest BCUT2D eigenvalue weighted by Crippen LogP contribution is 2.35. The number of thioether (sulfide) groups is 1. The van der Waals surface area contributed by atoms with Crippen molar-refractivity contribution >= 4 is 46.3 Å². The Labute approximate surface area is 240 Å². The van der Waals surface area contributed by atoms with Gasteiger partial charge in [0.1, 0.15) is 0 Å². The summed E-state index contributed by atoms with van der Waals surface area (Å²) in [4.78, 5) is 35.3. The minimum absolute atomic E-state index is 0.0368. The van der Waals surface area contributed by atoms with Gasteiger partial charge in [-0.05, 0) is 119 Å². The van der Waals surface area contributed by atoms with Gasteiger partial charge in [-0.25, -0.2) is 9.79 Å². The van der Waals surface area contributed by atoms with Crippen molar-refractivity contribution in [2.75, 3.05) is 31.1 Å². The summed E-state index contributed by atoms with van der Waals surface area (Å²) >= 11 is 1.41. The number of likely N-dealkylation sites (N-methyl/N-ethyl adjacent to an activating group) is 1. The first-order valence-corrected chi connectivity index (χ1v) is 14.8. The number of nitrogens with zero attached hydrogens (tertiary/aromatic N) is 4. The first-order valence-electron chi connectivity index (χ1n) is 14.0. The van der Waals surface area contributed by atoms with Crippen molar-refractivity contribution < 1.29 is 14.3 Å². The number of esters is 1. The Hall–Kier alpha value is -3.78. The third-order valence-corrected chi connectivity index (χ3v) is 8.38. The number of rotatable bonds is 7. The van der Waals surface area contributed by atoms with Crippen molar-refractivity contribution in [3.63, 3.8) is 0 Å². The van der Waals surface area contributed by atoms with E-state index in [1.54, 1.807) is 17.9 Å². The molecule has 0 N–H and O–H groups in total. The molecule has 0 atom stereocenters. The fourth-order valence-corrected chi connectivity index (χ4v) is 6.38. The molecule has 2 aliphatic rings. The molecule has 2 aliphatic heterocycles. The van der Waals surface area contributed by atoms with Crippen LogP contribution < -0.4 is 4.90 Å². The molecule has 3 heterocycles. The van der Waals surface area contributed by atoms with E-state index in [1.807, 2.05) is 57.2 Å². The third-order valence-electron chi connectivity index (χ3n) is 7.37. The molecule has 0 bridgehead atoms. The molecule has 5 rings (SSSR count). The van der Waals surface area contributed by atoms with Gasteiger partial charge in [0, 0.05) is 42.4 Å². The molecule has 208 valence electrons. The number of amides is 1. The van der Waals surface area contributed by atoms with E-state index < -0.39 is 0 Å². The summed E-state index contributed by atoms with van der Waals surface area (Å²) in [5.74, 6) is -0.375. The zero-order valence-corrected chi connectivity index (χ0v) is 24.5. The standard InChI is InChI=1S/C32H36N4O3S/c1-5-35-30(37)29(40-32(35)33-26-13-15-27(16-14-26)34-17-8-7-9-18-34)21-25-19-22(3)36(23(25)4)28-12-10-11-24(20-28)31(38)39-6-2/h10-16,19-21H,5-9,17-18H2,1-4H3/b29-21-,33-32?. The lowest BCUT2D eigenvalue weighted by molar-refractivity contribution is -0.122. The van der Waals surface area contributed by atoms with Gasteiger partial charge >= 0.3 is 5.97 Å². The van der Waals surface area contributed by atoms with Crippen molar-refractivity contribution in [2.24, 2.45) is 4.99 Å². The second kappa shape index (κ2) is 12.2. The molecule has 0 aliphatic carbocycles. The van der Waals surface area contributed by atoms with Gasteiger partial charge in [-0.2, -0.15) is 0 Å². The molecule has 2 saturated heterocycles. The summed E-state index contributed by atoms with van der Waals surface area (Å²) in [6.07, 6.45) is 5.74. The number of ether oxygens (including phenoxy) is 1. The van der Waals surface area contributed by atoms with Gasteiger partial charge in [0.25, 0.3) is 5.91 Å². The van der Waals surface area contributed by atoms with Crippen LogP contribution in [0, 0.1) is 13.8 Å². The maximum Gasteiger partial charge on any atom is 0.338 e. The summed E-state index contributed by atoms with van der Waals surface area (Å²) in [6, 6.07) is 17.8. The van der Waals surface area contributed by atoms with Crippen LogP contribution >= 0.6 is 11.8 Å². The number of benzene rings is 2. The summed E-state index contributed by atoms with van der Waals surface area (Å²) in [5.41, 5.74) is 6.41. The number of hydrogen-bond donors (Lipinski definition) is 0. The highest BCUT2D eigenvalue weighted by Gasteiger charge is 2.32. The molecule has 1 aromatic heterocycles. The lowest BCUT2D eigenvalue weighted by atomic mass is 10.1. The van der Waals surface area contributed by atoms with E-state index >= 15 is 0 Å². The van der Waals surface area contributed by atoms with E-state index in [-0.39, 0.29) is 11.9 Å². The van der Waals surface area contributed by atoms with E-state index in [9.17, 15) is 9.59 Å². The minimum Gasteiger partial charge on any atom is -0.462 e. The molecule has 2 fully saturated rings. The van der Waals surface area contributed by atoms with E-state index in [2.05, 4.69) is 27.7 Å². The summed E-state index contributed by atoms with van der Waals surface area (Å²) < 4.78 is 7.27. The second-order valence-corrected chi connectivity index (χ2v) is 11.1. The van der Waals surface area contributed by atoms with Crippen molar-refractivity contribution in [2.45, 2.75) is 47.0 Å². The van der Waals surface area contributed by atoms with Crippen molar-refractivity contribution in [1.82, 2.24) is 9.47 Å². The summed E-state index contributed by atoms with van der Waals surface area (Å²) in [7, 11) is 0. The van der Waals surface area contributed by atoms with Crippen molar-refractivity contribution in [3.05, 3.63) is 82.0 Å². The molecule has 0 spiro atoms. The summed E-state index contributed by atoms with van der Waals surface area (Å²) in [6.45, 7) is 10.9. The van der Waals surface area contributed by atoms with E-state index in [4.69, 9.17) is 9.73 Å². The molecule has 0 unspecified atom stereocenters. The highest BCUT2D eigenvalue weighted by molar-refractivity contribution is 8.18. The average molecular weight is 557 g/mol. The summed E-state index contributed by atoms with van der Waals surface area (Å²) in [5, 5.41) is 0.695. The SMILES string of the molecule is CCOC(=O)c1cccc(-n2c(C)cc(/C=C3\SC(=Nc4ccc(N5CCCCC5)cc4)N(CC)C3=O)c2C)c1. The zero-order chi connectivity index (χ0) is 28.2. The number of carbonyl (C=O) groups is 2. The molecule has 40 heavy (non-hydrogen) atoms. The first kappa shape index (κ1) is 27.8. The highest BCUT2D eigenvalue weighted by atomic mass is 32.2. The Bertz CT molecular complexity index is 1470. The molecule has 1 amide bonds. The average Bonchev–Trinajstić information content (AvgIpc) is 3.42. The predicted molar refractivity (Wildman–Crippen MR) is 164 cm³/mol. The van der Waals surface area contributed by atoms with E-state index in [0.717, 1.165) is 41.4 Å². The molecular formula is C32H36N4O3S. The number of anilines is 1. The minimum atomic E-state index is -0.338. The van der Waals surface area contributed by atoms with Crippen LogP contribution in [0.4, 0.5) is 11.4 Å². The Kier molecular flexibility index (Phi) is 8.45. The van der Waals surface area contributed by atoms with Crippen LogP contribution in [0.5, 0.6) is 0 Å². The van der Waals surface area contributed by atoms with Gasteiger partial charge in [-0.1, -0.05) is 6.07 Å². The molecule has 0 radical (unpaired) electrons. The van der Waals surface area contributed by atoms with Gasteiger partial charge in [0.15, 0.2) is 5.17 Å². The quantitative estimate of drug-likeness (QED) is 0.234. The topological polar surface area (TPSA) is 67.1 Å². The Balaban J connectivity index is 1.40. The van der Waals surface area contributed by atoms with Crippen LogP contribution in [0.25, 0.3) is 11.8 Å². The number of aliphatic imine (C=N–C) groups is 1. The molecule has 2 aromatic carbocycles. The first-order chi connectivity index (χ1) is 19.4. The number of aromatic nitrogens is 1. The van der Waals surface area contributed by atoms with Gasteiger partial charge in [-0.15, -0.1) is 0 Å². The van der Waals surface area contributed by atoms with Crippen molar-refractivity contribution in [3.8, 4) is 5.69 Å². The lowest BCUT2D eigenvalue weighted by Gasteiger charge is -2.28. The normalized spacial score (nSPS) is 17.8. The fraction of sp³-hybridized carbons (Fsp3) is 0.344. The second-order valence-electron chi connectivity index (χ2n) is 10.1. The van der Waals surface area contributed by atoms with Gasteiger partial charge < -0.3 is 14.2 Å². The van der Waals surface area contributed by atoms with Crippen LogP contribution in [0.15, 0.2) is 64.5 Å². The number of hydrogen-bond acceptors (Lipinski definition) is 6. The number of carbonyl (C=O) groups excluding carboxylic acids is 2. The fourth-order valence-electron chi connectivity index (χ4n) is 5.33.